The van der Waals surface area contributed by atoms with Gasteiger partial charge in [-0.25, -0.2) is 4.79 Å². The fourth-order valence-corrected chi connectivity index (χ4v) is 3.04. The van der Waals surface area contributed by atoms with Gasteiger partial charge in [0.25, 0.3) is 0 Å². The van der Waals surface area contributed by atoms with E-state index in [2.05, 4.69) is 4.74 Å². The molecule has 0 amide bonds. The summed E-state index contributed by atoms with van der Waals surface area (Å²) < 4.78 is 15.9. The summed E-state index contributed by atoms with van der Waals surface area (Å²) in [4.78, 5) is 11.6. The van der Waals surface area contributed by atoms with Crippen molar-refractivity contribution in [2.45, 2.75) is 30.5 Å². The second-order valence-corrected chi connectivity index (χ2v) is 6.44. The van der Waals surface area contributed by atoms with Gasteiger partial charge in [0.05, 0.1) is 19.3 Å². The van der Waals surface area contributed by atoms with Crippen molar-refractivity contribution in [3.05, 3.63) is 59.7 Å². The number of rotatable bonds is 5. The van der Waals surface area contributed by atoms with Gasteiger partial charge in [0.1, 0.15) is 42.0 Å². The minimum Gasteiger partial charge on any atom is -0.465 e. The zero-order valence-electron chi connectivity index (χ0n) is 15.1. The quantitative estimate of drug-likeness (QED) is 0.552. The van der Waals surface area contributed by atoms with Gasteiger partial charge in [0.2, 0.25) is 0 Å². The molecule has 2 aromatic rings. The maximum absolute atomic E-state index is 11.6. The Bertz CT molecular complexity index is 804. The molecule has 0 saturated carbocycles. The minimum atomic E-state index is -1.44. The molecule has 0 spiro atoms. The largest absolute Gasteiger partial charge is 0.465 e. The first-order valence-electron chi connectivity index (χ1n) is 8.71. The maximum Gasteiger partial charge on any atom is 0.337 e. The van der Waals surface area contributed by atoms with Crippen molar-refractivity contribution in [3.63, 3.8) is 0 Å². The lowest BCUT2D eigenvalue weighted by atomic mass is 9.91. The molecule has 4 N–H and O–H groups in total. The monoisotopic (exact) mass is 390 g/mol. The highest BCUT2D eigenvalue weighted by Gasteiger charge is 2.43. The Morgan fingerprint density at radius 1 is 1.00 bits per heavy atom. The van der Waals surface area contributed by atoms with Crippen LogP contribution in [0.4, 0.5) is 0 Å². The summed E-state index contributed by atoms with van der Waals surface area (Å²) >= 11 is 0. The Morgan fingerprint density at radius 2 is 1.71 bits per heavy atom. The topological polar surface area (TPSA) is 126 Å². The van der Waals surface area contributed by atoms with Gasteiger partial charge in [-0.2, -0.15) is 0 Å². The normalized spacial score (nSPS) is 27.2. The molecule has 1 aliphatic heterocycles. The van der Waals surface area contributed by atoms with Gasteiger partial charge >= 0.3 is 5.97 Å². The number of benzene rings is 2. The predicted molar refractivity (Wildman–Crippen MR) is 97.0 cm³/mol. The third-order valence-corrected chi connectivity index (χ3v) is 4.59. The molecule has 28 heavy (non-hydrogen) atoms. The number of aliphatic hydroxyl groups is 4. The molecule has 8 nitrogen and oxygen atoms in total. The summed E-state index contributed by atoms with van der Waals surface area (Å²) in [5.41, 5.74) is 0.908. The SMILES string of the molecule is COC(=O)c1cccc(Oc2ccc([C@H]3O[C@H](CO)[C@@H](O)[C@H](O)[C@@H]3O)cc2)c1. The molecule has 0 aromatic heterocycles. The average Bonchev–Trinajstić information content (AvgIpc) is 2.72. The third-order valence-electron chi connectivity index (χ3n) is 4.59. The number of esters is 1. The highest BCUT2D eigenvalue weighted by Crippen LogP contribution is 2.33. The van der Waals surface area contributed by atoms with Crippen LogP contribution in [0.1, 0.15) is 22.0 Å². The zero-order valence-corrected chi connectivity index (χ0v) is 15.1. The molecule has 0 aliphatic carbocycles. The molecular formula is C20H22O8. The standard InChI is InChI=1S/C20H22O8/c1-26-20(25)12-3-2-4-14(9-12)27-13-7-5-11(6-8-13)19-18(24)17(23)16(22)15(10-21)28-19/h2-9,15-19,21-24H,10H2,1H3/t15-,16-,17+,18+,19-/m1/s1. The molecule has 150 valence electrons. The molecule has 1 heterocycles. The summed E-state index contributed by atoms with van der Waals surface area (Å²) in [5, 5.41) is 39.3. The molecular weight excluding hydrogens is 368 g/mol. The van der Waals surface area contributed by atoms with E-state index in [1.54, 1.807) is 48.5 Å². The van der Waals surface area contributed by atoms with Crippen LogP contribution in [-0.4, -0.2) is 64.5 Å². The molecule has 5 atom stereocenters. The van der Waals surface area contributed by atoms with Gasteiger partial charge in [0, 0.05) is 0 Å². The Labute approximate surface area is 161 Å². The highest BCUT2D eigenvalue weighted by atomic mass is 16.5. The van der Waals surface area contributed by atoms with Crippen molar-refractivity contribution < 1.29 is 39.4 Å². The van der Waals surface area contributed by atoms with Crippen LogP contribution in [-0.2, 0) is 9.47 Å². The van der Waals surface area contributed by atoms with Gasteiger partial charge < -0.3 is 34.6 Å². The molecule has 8 heteroatoms. The van der Waals surface area contributed by atoms with E-state index in [0.717, 1.165) is 0 Å². The molecule has 1 aliphatic rings. The molecule has 0 bridgehead atoms. The van der Waals surface area contributed by atoms with E-state index < -0.39 is 43.1 Å². The Balaban J connectivity index is 1.74. The van der Waals surface area contributed by atoms with Gasteiger partial charge in [-0.3, -0.25) is 0 Å². The van der Waals surface area contributed by atoms with E-state index in [-0.39, 0.29) is 0 Å². The molecule has 0 unspecified atom stereocenters. The molecule has 3 rings (SSSR count). The lowest BCUT2D eigenvalue weighted by Crippen LogP contribution is -2.55. The van der Waals surface area contributed by atoms with Crippen molar-refractivity contribution in [1.82, 2.24) is 0 Å². The second kappa shape index (κ2) is 8.68. The van der Waals surface area contributed by atoms with Crippen molar-refractivity contribution in [3.8, 4) is 11.5 Å². The molecule has 0 radical (unpaired) electrons. The van der Waals surface area contributed by atoms with Crippen LogP contribution in [0.15, 0.2) is 48.5 Å². The van der Waals surface area contributed by atoms with Gasteiger partial charge in [0.15, 0.2) is 0 Å². The van der Waals surface area contributed by atoms with Crippen LogP contribution < -0.4 is 4.74 Å². The van der Waals surface area contributed by atoms with Crippen LogP contribution in [0, 0.1) is 0 Å². The predicted octanol–water partition coefficient (Wildman–Crippen LogP) is 0.780. The first kappa shape index (κ1) is 20.2. The zero-order chi connectivity index (χ0) is 20.3. The molecule has 1 fully saturated rings. The van der Waals surface area contributed by atoms with Crippen molar-refractivity contribution in [2.75, 3.05) is 13.7 Å². The van der Waals surface area contributed by atoms with E-state index in [9.17, 15) is 25.2 Å². The number of hydrogen-bond donors (Lipinski definition) is 4. The lowest BCUT2D eigenvalue weighted by Gasteiger charge is -2.40. The number of carbonyl (C=O) groups excluding carboxylic acids is 1. The summed E-state index contributed by atoms with van der Waals surface area (Å²) in [7, 11) is 1.30. The van der Waals surface area contributed by atoms with Crippen LogP contribution in [0.2, 0.25) is 0 Å². The Hall–Kier alpha value is -2.49. The highest BCUT2D eigenvalue weighted by molar-refractivity contribution is 5.89. The van der Waals surface area contributed by atoms with Crippen LogP contribution >= 0.6 is 0 Å². The van der Waals surface area contributed by atoms with Crippen LogP contribution in [0.3, 0.4) is 0 Å². The second-order valence-electron chi connectivity index (χ2n) is 6.44. The number of hydrogen-bond acceptors (Lipinski definition) is 8. The average molecular weight is 390 g/mol. The lowest BCUT2D eigenvalue weighted by molar-refractivity contribution is -0.231. The number of carbonyl (C=O) groups is 1. The van der Waals surface area contributed by atoms with E-state index in [1.165, 1.54) is 7.11 Å². The first-order chi connectivity index (χ1) is 13.4. The van der Waals surface area contributed by atoms with Crippen LogP contribution in [0.25, 0.3) is 0 Å². The van der Waals surface area contributed by atoms with Gasteiger partial charge in [-0.05, 0) is 35.9 Å². The van der Waals surface area contributed by atoms with E-state index >= 15 is 0 Å². The summed E-state index contributed by atoms with van der Waals surface area (Å²) in [6.07, 6.45) is -6.07. The maximum atomic E-state index is 11.6. The van der Waals surface area contributed by atoms with Gasteiger partial charge in [-0.15, -0.1) is 0 Å². The third kappa shape index (κ3) is 4.16. The Kier molecular flexibility index (Phi) is 6.28. The smallest absolute Gasteiger partial charge is 0.337 e. The number of methoxy groups -OCH3 is 1. The number of ether oxygens (including phenoxy) is 3. The van der Waals surface area contributed by atoms with E-state index in [4.69, 9.17) is 9.47 Å². The summed E-state index contributed by atoms with van der Waals surface area (Å²) in [6, 6.07) is 13.1. The molecule has 1 saturated heterocycles. The van der Waals surface area contributed by atoms with Crippen LogP contribution in [0.5, 0.6) is 11.5 Å². The van der Waals surface area contributed by atoms with Crippen molar-refractivity contribution in [1.29, 1.82) is 0 Å². The van der Waals surface area contributed by atoms with Crippen molar-refractivity contribution in [2.24, 2.45) is 0 Å². The fourth-order valence-electron chi connectivity index (χ4n) is 3.04. The molecule has 2 aromatic carbocycles. The Morgan fingerprint density at radius 3 is 2.36 bits per heavy atom. The van der Waals surface area contributed by atoms with Gasteiger partial charge in [-0.1, -0.05) is 18.2 Å². The first-order valence-corrected chi connectivity index (χ1v) is 8.71. The minimum absolute atomic E-state index is 0.359. The van der Waals surface area contributed by atoms with E-state index in [0.29, 0.717) is 22.6 Å². The van der Waals surface area contributed by atoms with Crippen molar-refractivity contribution >= 4 is 5.97 Å². The number of aliphatic hydroxyl groups excluding tert-OH is 4. The fraction of sp³-hybridized carbons (Fsp3) is 0.350. The van der Waals surface area contributed by atoms with E-state index in [1.807, 2.05) is 0 Å². The summed E-state index contributed by atoms with van der Waals surface area (Å²) in [5.74, 6) is 0.460. The summed E-state index contributed by atoms with van der Waals surface area (Å²) in [6.45, 7) is -0.487.